The van der Waals surface area contributed by atoms with Crippen LogP contribution in [0.3, 0.4) is 0 Å². The highest BCUT2D eigenvalue weighted by atomic mass is 19.1. The standard InChI is InChI=1S/C36H37FN4O5/c1-3-46-30-20-26(13-9-22(30)11-16-31(42)43)39-35(45)36(17-6-18-36)40-34(44)24-10-14-27-29(19-24)41(2)33(28-15-12-25(37)21-38-28)32(27)23-7-4-5-8-23/h9-16,19-21,23H,3-8,17-18H2,1-2H3,(H,39,45)(H,40,44)(H,42,43)/b16-11+. The van der Waals surface area contributed by atoms with E-state index in [4.69, 9.17) is 9.84 Å². The summed E-state index contributed by atoms with van der Waals surface area (Å²) in [5.74, 6) is -1.33. The first-order valence-corrected chi connectivity index (χ1v) is 15.7. The van der Waals surface area contributed by atoms with Crippen molar-refractivity contribution in [1.82, 2.24) is 14.9 Å². The van der Waals surface area contributed by atoms with Crippen LogP contribution in [-0.2, 0) is 16.6 Å². The van der Waals surface area contributed by atoms with Crippen LogP contribution in [0.15, 0.2) is 60.8 Å². The molecule has 3 N–H and O–H groups in total. The lowest BCUT2D eigenvalue weighted by Gasteiger charge is -2.40. The van der Waals surface area contributed by atoms with Crippen molar-refractivity contribution in [3.05, 3.63) is 83.3 Å². The highest BCUT2D eigenvalue weighted by molar-refractivity contribution is 6.06. The van der Waals surface area contributed by atoms with Crippen molar-refractivity contribution in [1.29, 1.82) is 0 Å². The van der Waals surface area contributed by atoms with Crippen LogP contribution in [0.1, 0.15) is 79.3 Å². The number of hydrogen-bond acceptors (Lipinski definition) is 5. The maximum Gasteiger partial charge on any atom is 0.328 e. The van der Waals surface area contributed by atoms with Gasteiger partial charge in [-0.15, -0.1) is 0 Å². The number of rotatable bonds is 10. The third-order valence-electron chi connectivity index (χ3n) is 9.21. The zero-order valence-corrected chi connectivity index (χ0v) is 25.9. The summed E-state index contributed by atoms with van der Waals surface area (Å²) in [5, 5.41) is 16.0. The number of nitrogens with zero attached hydrogens (tertiary/aromatic N) is 2. The van der Waals surface area contributed by atoms with Gasteiger partial charge in [0.15, 0.2) is 0 Å². The molecule has 0 atom stereocenters. The summed E-state index contributed by atoms with van der Waals surface area (Å²) in [7, 11) is 1.95. The van der Waals surface area contributed by atoms with Gasteiger partial charge in [0.2, 0.25) is 5.91 Å². The summed E-state index contributed by atoms with van der Waals surface area (Å²) in [4.78, 5) is 42.7. The second-order valence-electron chi connectivity index (χ2n) is 12.1. The van der Waals surface area contributed by atoms with Gasteiger partial charge in [-0.3, -0.25) is 14.6 Å². The third kappa shape index (κ3) is 5.99. The molecule has 46 heavy (non-hydrogen) atoms. The van der Waals surface area contributed by atoms with E-state index in [1.165, 1.54) is 23.9 Å². The summed E-state index contributed by atoms with van der Waals surface area (Å²) in [5.41, 5.74) is 4.12. The molecule has 2 aromatic heterocycles. The number of benzene rings is 2. The number of aliphatic carboxylic acids is 1. The number of hydrogen-bond donors (Lipinski definition) is 3. The molecule has 238 valence electrons. The molecule has 0 aliphatic heterocycles. The van der Waals surface area contributed by atoms with Crippen molar-refractivity contribution in [2.75, 3.05) is 11.9 Å². The number of carboxylic acids is 1. The lowest BCUT2D eigenvalue weighted by atomic mass is 9.75. The number of aryl methyl sites for hydroxylation is 1. The van der Waals surface area contributed by atoms with Crippen molar-refractivity contribution < 1.29 is 28.6 Å². The Balaban J connectivity index is 1.26. The van der Waals surface area contributed by atoms with E-state index < -0.39 is 17.3 Å². The van der Waals surface area contributed by atoms with Crippen molar-refractivity contribution in [2.45, 2.75) is 63.3 Å². The third-order valence-corrected chi connectivity index (χ3v) is 9.21. The van der Waals surface area contributed by atoms with Crippen LogP contribution < -0.4 is 15.4 Å². The van der Waals surface area contributed by atoms with Crippen LogP contribution >= 0.6 is 0 Å². The molecule has 2 saturated carbocycles. The highest BCUT2D eigenvalue weighted by Gasteiger charge is 2.45. The lowest BCUT2D eigenvalue weighted by Crippen LogP contribution is -2.61. The topological polar surface area (TPSA) is 123 Å². The summed E-state index contributed by atoms with van der Waals surface area (Å²) >= 11 is 0. The molecule has 2 aromatic carbocycles. The lowest BCUT2D eigenvalue weighted by molar-refractivity contribution is -0.131. The molecule has 2 aliphatic rings. The van der Waals surface area contributed by atoms with Gasteiger partial charge in [0.1, 0.15) is 17.1 Å². The second kappa shape index (κ2) is 12.8. The number of carbonyl (C=O) groups excluding carboxylic acids is 2. The van der Waals surface area contributed by atoms with Crippen LogP contribution in [0.2, 0.25) is 0 Å². The molecule has 9 nitrogen and oxygen atoms in total. The van der Waals surface area contributed by atoms with Gasteiger partial charge in [-0.25, -0.2) is 9.18 Å². The zero-order valence-electron chi connectivity index (χ0n) is 25.9. The Morgan fingerprint density at radius 2 is 1.87 bits per heavy atom. The summed E-state index contributed by atoms with van der Waals surface area (Å²) < 4.78 is 21.5. The number of anilines is 1. The molecular formula is C36H37FN4O5. The first kappa shape index (κ1) is 31.0. The number of aromatic nitrogens is 2. The van der Waals surface area contributed by atoms with Crippen LogP contribution in [0.25, 0.3) is 28.4 Å². The van der Waals surface area contributed by atoms with Crippen LogP contribution in [0, 0.1) is 5.82 Å². The fourth-order valence-electron chi connectivity index (χ4n) is 6.73. The SMILES string of the molecule is CCOc1cc(NC(=O)C2(NC(=O)c3ccc4c(C5CCCC5)c(-c5ccc(F)cn5)n(C)c4c3)CCC2)ccc1/C=C/C(=O)O. The number of carbonyl (C=O) groups is 3. The van der Waals surface area contributed by atoms with Crippen molar-refractivity contribution in [2.24, 2.45) is 7.05 Å². The molecule has 0 bridgehead atoms. The Morgan fingerprint density at radius 1 is 1.09 bits per heavy atom. The van der Waals surface area contributed by atoms with Gasteiger partial charge in [-0.1, -0.05) is 18.9 Å². The summed E-state index contributed by atoms with van der Waals surface area (Å²) in [6.45, 7) is 2.18. The van der Waals surface area contributed by atoms with Gasteiger partial charge in [0.05, 0.1) is 24.2 Å². The molecule has 2 fully saturated rings. The first-order valence-electron chi connectivity index (χ1n) is 15.7. The average Bonchev–Trinajstić information content (AvgIpc) is 3.65. The fourth-order valence-corrected chi connectivity index (χ4v) is 6.73. The number of amides is 2. The normalized spacial score (nSPS) is 16.0. The van der Waals surface area contributed by atoms with E-state index >= 15 is 0 Å². The summed E-state index contributed by atoms with van der Waals surface area (Å²) in [6, 6.07) is 13.8. The van der Waals surface area contributed by atoms with E-state index in [0.717, 1.165) is 54.8 Å². The van der Waals surface area contributed by atoms with Crippen LogP contribution in [-0.4, -0.2) is 44.6 Å². The predicted octanol–water partition coefficient (Wildman–Crippen LogP) is 6.82. The number of halogens is 1. The van der Waals surface area contributed by atoms with E-state index in [1.807, 2.05) is 30.7 Å². The number of carboxylic acid groups (broad SMARTS) is 1. The highest BCUT2D eigenvalue weighted by Crippen LogP contribution is 2.44. The molecule has 6 rings (SSSR count). The molecular weight excluding hydrogens is 587 g/mol. The molecule has 0 unspecified atom stereocenters. The number of fused-ring (bicyclic) bond motifs is 1. The van der Waals surface area contributed by atoms with Gasteiger partial charge in [0, 0.05) is 46.9 Å². The Labute approximate surface area is 266 Å². The fraction of sp³-hybridized carbons (Fsp3) is 0.333. The molecule has 10 heteroatoms. The zero-order chi connectivity index (χ0) is 32.4. The number of pyridine rings is 1. The molecule has 4 aromatic rings. The average molecular weight is 625 g/mol. The maximum absolute atomic E-state index is 13.7. The second-order valence-corrected chi connectivity index (χ2v) is 12.1. The van der Waals surface area contributed by atoms with E-state index in [0.29, 0.717) is 53.6 Å². The minimum absolute atomic E-state index is 0.323. The van der Waals surface area contributed by atoms with E-state index in [-0.39, 0.29) is 11.8 Å². The quantitative estimate of drug-likeness (QED) is 0.166. The van der Waals surface area contributed by atoms with Gasteiger partial charge in [-0.05, 0) is 93.0 Å². The molecule has 2 heterocycles. The van der Waals surface area contributed by atoms with Gasteiger partial charge >= 0.3 is 5.97 Å². The maximum atomic E-state index is 13.7. The van der Waals surface area contributed by atoms with Crippen molar-refractivity contribution in [3.8, 4) is 17.1 Å². The Bertz CT molecular complexity index is 1840. The largest absolute Gasteiger partial charge is 0.493 e. The van der Waals surface area contributed by atoms with E-state index in [9.17, 15) is 18.8 Å². The molecule has 0 radical (unpaired) electrons. The summed E-state index contributed by atoms with van der Waals surface area (Å²) in [6.07, 6.45) is 9.94. The van der Waals surface area contributed by atoms with Crippen molar-refractivity contribution >= 4 is 40.4 Å². The van der Waals surface area contributed by atoms with Gasteiger partial charge < -0.3 is 25.0 Å². The minimum Gasteiger partial charge on any atom is -0.493 e. The molecule has 0 spiro atoms. The van der Waals surface area contributed by atoms with E-state index in [2.05, 4.69) is 15.6 Å². The van der Waals surface area contributed by atoms with E-state index in [1.54, 1.807) is 30.3 Å². The number of ether oxygens (including phenoxy) is 1. The smallest absolute Gasteiger partial charge is 0.328 e. The van der Waals surface area contributed by atoms with Crippen LogP contribution in [0.5, 0.6) is 5.75 Å². The van der Waals surface area contributed by atoms with Gasteiger partial charge in [0.25, 0.3) is 5.91 Å². The number of nitrogens with one attached hydrogen (secondary N) is 2. The molecule has 2 aliphatic carbocycles. The van der Waals surface area contributed by atoms with Crippen LogP contribution in [0.4, 0.5) is 10.1 Å². The Kier molecular flexibility index (Phi) is 8.62. The Morgan fingerprint density at radius 3 is 2.52 bits per heavy atom. The minimum atomic E-state index is -1.08. The molecule has 2 amide bonds. The Hall–Kier alpha value is -4.99. The predicted molar refractivity (Wildman–Crippen MR) is 174 cm³/mol. The molecule has 0 saturated heterocycles. The van der Waals surface area contributed by atoms with Gasteiger partial charge in [-0.2, -0.15) is 0 Å². The first-order chi connectivity index (χ1) is 22.2. The monoisotopic (exact) mass is 624 g/mol. The van der Waals surface area contributed by atoms with Crippen molar-refractivity contribution in [3.63, 3.8) is 0 Å².